The van der Waals surface area contributed by atoms with Crippen LogP contribution in [0.2, 0.25) is 19.1 Å². The average Bonchev–Trinajstić information content (AvgIpc) is 2.30. The smallest absolute Gasteiger partial charge is 0.0807 e. The van der Waals surface area contributed by atoms with E-state index >= 15 is 0 Å². The Hall–Kier alpha value is -0.643. The molecule has 0 aliphatic heterocycles. The van der Waals surface area contributed by atoms with Gasteiger partial charge < -0.3 is 9.84 Å². The molecule has 0 aliphatic rings. The molecule has 0 atom stereocenters. The molecule has 90 valence electrons. The van der Waals surface area contributed by atoms with Crippen LogP contribution < -0.4 is 5.19 Å². The van der Waals surface area contributed by atoms with Crippen molar-refractivity contribution in [3.63, 3.8) is 0 Å². The SMILES string of the molecule is C[Si](C)(CCCOCCO)c1ccccc1. The van der Waals surface area contributed by atoms with Crippen molar-refractivity contribution in [2.45, 2.75) is 25.6 Å². The van der Waals surface area contributed by atoms with Crippen molar-refractivity contribution < 1.29 is 9.84 Å². The van der Waals surface area contributed by atoms with E-state index in [9.17, 15) is 0 Å². The Kier molecular flexibility index (Phi) is 5.73. The molecular formula is C13H22O2Si. The van der Waals surface area contributed by atoms with Crippen LogP contribution in [0.3, 0.4) is 0 Å². The van der Waals surface area contributed by atoms with Crippen molar-refractivity contribution in [1.82, 2.24) is 0 Å². The standard InChI is InChI=1S/C13H22O2Si/c1-16(2,12-6-10-15-11-9-14)13-7-4-3-5-8-13/h3-5,7-8,14H,6,9-12H2,1-2H3. The van der Waals surface area contributed by atoms with Crippen LogP contribution in [-0.4, -0.2) is 33.0 Å². The van der Waals surface area contributed by atoms with Gasteiger partial charge in [0.1, 0.15) is 0 Å². The van der Waals surface area contributed by atoms with E-state index in [2.05, 4.69) is 43.4 Å². The first-order chi connectivity index (χ1) is 7.67. The van der Waals surface area contributed by atoms with Crippen LogP contribution in [-0.2, 0) is 4.74 Å². The summed E-state index contributed by atoms with van der Waals surface area (Å²) in [5, 5.41) is 10.1. The zero-order valence-electron chi connectivity index (χ0n) is 10.3. The first kappa shape index (κ1) is 13.4. The van der Waals surface area contributed by atoms with Crippen LogP contribution in [0.5, 0.6) is 0 Å². The number of hydrogen-bond acceptors (Lipinski definition) is 2. The second-order valence-corrected chi connectivity index (χ2v) is 9.53. The van der Waals surface area contributed by atoms with Crippen molar-refractivity contribution in [2.24, 2.45) is 0 Å². The normalized spacial score (nSPS) is 11.7. The van der Waals surface area contributed by atoms with E-state index < -0.39 is 8.07 Å². The highest BCUT2D eigenvalue weighted by molar-refractivity contribution is 6.89. The lowest BCUT2D eigenvalue weighted by Gasteiger charge is -2.22. The van der Waals surface area contributed by atoms with E-state index in [-0.39, 0.29) is 6.61 Å². The first-order valence-electron chi connectivity index (χ1n) is 5.91. The topological polar surface area (TPSA) is 29.5 Å². The molecule has 0 aromatic heterocycles. The molecule has 0 aliphatic carbocycles. The zero-order chi connectivity index (χ0) is 11.9. The number of hydrogen-bond donors (Lipinski definition) is 1. The summed E-state index contributed by atoms with van der Waals surface area (Å²) in [6.07, 6.45) is 1.09. The third-order valence-corrected chi connectivity index (χ3v) is 6.38. The third kappa shape index (κ3) is 4.47. The van der Waals surface area contributed by atoms with E-state index in [1.165, 1.54) is 11.2 Å². The van der Waals surface area contributed by atoms with Gasteiger partial charge in [-0.15, -0.1) is 0 Å². The maximum atomic E-state index is 8.59. The molecule has 0 heterocycles. The molecule has 16 heavy (non-hydrogen) atoms. The lowest BCUT2D eigenvalue weighted by molar-refractivity contribution is 0.0927. The summed E-state index contributed by atoms with van der Waals surface area (Å²) in [4.78, 5) is 0. The molecule has 1 aromatic carbocycles. The first-order valence-corrected chi connectivity index (χ1v) is 9.11. The molecule has 1 rings (SSSR count). The molecule has 0 radical (unpaired) electrons. The van der Waals surface area contributed by atoms with Crippen LogP contribution in [0.4, 0.5) is 0 Å². The summed E-state index contributed by atoms with van der Waals surface area (Å²) in [6, 6.07) is 12.0. The van der Waals surface area contributed by atoms with E-state index in [0.29, 0.717) is 6.61 Å². The predicted octanol–water partition coefficient (Wildman–Crippen LogP) is 2.00. The Bertz CT molecular complexity index is 285. The van der Waals surface area contributed by atoms with Gasteiger partial charge in [0.2, 0.25) is 0 Å². The maximum Gasteiger partial charge on any atom is 0.0807 e. The van der Waals surface area contributed by atoms with Gasteiger partial charge in [-0.25, -0.2) is 0 Å². The predicted molar refractivity (Wildman–Crippen MR) is 70.9 cm³/mol. The summed E-state index contributed by atoms with van der Waals surface area (Å²) in [7, 11) is -1.28. The second-order valence-electron chi connectivity index (χ2n) is 4.69. The van der Waals surface area contributed by atoms with Crippen LogP contribution in [0.1, 0.15) is 6.42 Å². The van der Waals surface area contributed by atoms with Gasteiger partial charge in [-0.2, -0.15) is 0 Å². The molecule has 0 amide bonds. The van der Waals surface area contributed by atoms with Crippen LogP contribution in [0.25, 0.3) is 0 Å². The number of ether oxygens (including phenoxy) is 1. The Labute approximate surface area is 99.3 Å². The van der Waals surface area contributed by atoms with Crippen molar-refractivity contribution in [3.8, 4) is 0 Å². The van der Waals surface area contributed by atoms with E-state index in [1.54, 1.807) is 0 Å². The molecule has 0 spiro atoms. The fourth-order valence-corrected chi connectivity index (χ4v) is 4.23. The van der Waals surface area contributed by atoms with Gasteiger partial charge in [0, 0.05) is 6.61 Å². The Morgan fingerprint density at radius 2 is 1.81 bits per heavy atom. The van der Waals surface area contributed by atoms with Crippen LogP contribution >= 0.6 is 0 Å². The lowest BCUT2D eigenvalue weighted by atomic mass is 10.4. The summed E-state index contributed by atoms with van der Waals surface area (Å²) in [5.41, 5.74) is 0. The molecule has 2 nitrogen and oxygen atoms in total. The minimum absolute atomic E-state index is 0.125. The van der Waals surface area contributed by atoms with E-state index in [0.717, 1.165) is 13.0 Å². The van der Waals surface area contributed by atoms with Crippen molar-refractivity contribution in [2.75, 3.05) is 19.8 Å². The molecule has 0 fully saturated rings. The van der Waals surface area contributed by atoms with Gasteiger partial charge in [-0.05, 0) is 6.42 Å². The zero-order valence-corrected chi connectivity index (χ0v) is 11.3. The number of aliphatic hydroxyl groups excluding tert-OH is 1. The third-order valence-electron chi connectivity index (χ3n) is 2.88. The van der Waals surface area contributed by atoms with Gasteiger partial charge in [-0.3, -0.25) is 0 Å². The number of benzene rings is 1. The van der Waals surface area contributed by atoms with Crippen molar-refractivity contribution in [3.05, 3.63) is 30.3 Å². The molecule has 0 unspecified atom stereocenters. The van der Waals surface area contributed by atoms with Crippen LogP contribution in [0, 0.1) is 0 Å². The van der Waals surface area contributed by atoms with Gasteiger partial charge >= 0.3 is 0 Å². The summed E-state index contributed by atoms with van der Waals surface area (Å²) < 4.78 is 5.29. The van der Waals surface area contributed by atoms with Gasteiger partial charge in [0.15, 0.2) is 0 Å². The highest BCUT2D eigenvalue weighted by atomic mass is 28.3. The van der Waals surface area contributed by atoms with E-state index in [1.807, 2.05) is 0 Å². The van der Waals surface area contributed by atoms with E-state index in [4.69, 9.17) is 9.84 Å². The highest BCUT2D eigenvalue weighted by Crippen LogP contribution is 2.12. The Morgan fingerprint density at radius 3 is 2.44 bits per heavy atom. The molecule has 3 heteroatoms. The lowest BCUT2D eigenvalue weighted by Crippen LogP contribution is -2.41. The van der Waals surface area contributed by atoms with Gasteiger partial charge in [0.25, 0.3) is 0 Å². The molecule has 0 saturated heterocycles. The molecule has 1 N–H and O–H groups in total. The minimum atomic E-state index is -1.28. The van der Waals surface area contributed by atoms with Crippen molar-refractivity contribution in [1.29, 1.82) is 0 Å². The fourth-order valence-electron chi connectivity index (χ4n) is 1.82. The van der Waals surface area contributed by atoms with Crippen LogP contribution in [0.15, 0.2) is 30.3 Å². The average molecular weight is 238 g/mol. The summed E-state index contributed by atoms with van der Waals surface area (Å²) >= 11 is 0. The Morgan fingerprint density at radius 1 is 1.12 bits per heavy atom. The monoisotopic (exact) mass is 238 g/mol. The minimum Gasteiger partial charge on any atom is -0.394 e. The summed E-state index contributed by atoms with van der Waals surface area (Å²) in [6.45, 7) is 6.15. The number of rotatable bonds is 7. The molecule has 0 saturated carbocycles. The number of aliphatic hydroxyl groups is 1. The second kappa shape index (κ2) is 6.84. The van der Waals surface area contributed by atoms with Crippen molar-refractivity contribution >= 4 is 13.3 Å². The maximum absolute atomic E-state index is 8.59. The molecule has 0 bridgehead atoms. The summed E-state index contributed by atoms with van der Waals surface area (Å²) in [5.74, 6) is 0. The molecular weight excluding hydrogens is 216 g/mol. The highest BCUT2D eigenvalue weighted by Gasteiger charge is 2.21. The molecule has 1 aromatic rings. The van der Waals surface area contributed by atoms with Gasteiger partial charge in [0.05, 0.1) is 21.3 Å². The Balaban J connectivity index is 2.35. The quantitative estimate of drug-likeness (QED) is 0.581. The largest absolute Gasteiger partial charge is 0.394 e. The van der Waals surface area contributed by atoms with Gasteiger partial charge in [-0.1, -0.05) is 54.7 Å². The fraction of sp³-hybridized carbons (Fsp3) is 0.538.